The number of carbonyl (C=O) groups is 2. The summed E-state index contributed by atoms with van der Waals surface area (Å²) < 4.78 is 19.4. The van der Waals surface area contributed by atoms with Gasteiger partial charge in [0, 0.05) is 151 Å². The van der Waals surface area contributed by atoms with E-state index < -0.39 is 5.97 Å². The lowest BCUT2D eigenvalue weighted by atomic mass is 9.95. The molecule has 10 rings (SSSR count). The van der Waals surface area contributed by atoms with E-state index in [-0.39, 0.29) is 42.8 Å². The highest BCUT2D eigenvalue weighted by atomic mass is 16.5. The summed E-state index contributed by atoms with van der Waals surface area (Å²) >= 11 is 0. The monoisotopic (exact) mass is 1070 g/mol. The number of hydrogen-bond donors (Lipinski definition) is 4. The molecule has 78 heavy (non-hydrogen) atoms. The Morgan fingerprint density at radius 2 is 1.08 bits per heavy atom. The zero-order chi connectivity index (χ0) is 55.2. The number of carboxylic acid groups (broad SMARTS) is 1. The van der Waals surface area contributed by atoms with Crippen molar-refractivity contribution in [2.75, 3.05) is 52.6 Å². The molecule has 416 valence electrons. The number of hydrogen-bond acceptors (Lipinski definition) is 11. The minimum Gasteiger partial charge on any atom is -0.478 e. The third-order valence-electron chi connectivity index (χ3n) is 15.3. The Morgan fingerprint density at radius 1 is 0.654 bits per heavy atom. The fourth-order valence-electron chi connectivity index (χ4n) is 11.2. The maximum absolute atomic E-state index is 13.7. The Labute approximate surface area is 456 Å². The van der Waals surface area contributed by atoms with Crippen LogP contribution in [0, 0.1) is 41.5 Å². The highest BCUT2D eigenvalue weighted by Crippen LogP contribution is 2.34. The van der Waals surface area contributed by atoms with Gasteiger partial charge >= 0.3 is 5.97 Å². The smallest absolute Gasteiger partial charge is 0.336 e. The lowest BCUT2D eigenvalue weighted by Crippen LogP contribution is -2.39. The minimum absolute atomic E-state index is 0. The number of fused-ring (bicyclic) bond motifs is 2. The summed E-state index contributed by atoms with van der Waals surface area (Å²) in [6.07, 6.45) is 8.59. The fraction of sp³-hybridized carbons (Fsp3) is 0.433. The van der Waals surface area contributed by atoms with Gasteiger partial charge in [-0.3, -0.25) is 33.5 Å². The van der Waals surface area contributed by atoms with Crippen LogP contribution in [0.2, 0.25) is 0 Å². The second-order valence-electron chi connectivity index (χ2n) is 20.2. The molecular weight excluding hydrogens is 987 g/mol. The maximum atomic E-state index is 13.7. The van der Waals surface area contributed by atoms with Crippen LogP contribution in [0.3, 0.4) is 0 Å². The van der Waals surface area contributed by atoms with Gasteiger partial charge in [0.1, 0.15) is 0 Å². The summed E-state index contributed by atoms with van der Waals surface area (Å²) in [5.41, 5.74) is 21.3. The molecule has 5 N–H and O–H groups in total. The number of carbonyl (C=O) groups excluding carboxylic acids is 1. The normalized spacial score (nSPS) is 14.8. The van der Waals surface area contributed by atoms with Crippen molar-refractivity contribution in [3.05, 3.63) is 161 Å². The number of morpholine rings is 2. The Morgan fingerprint density at radius 3 is 1.49 bits per heavy atom. The second-order valence-corrected chi connectivity index (χ2v) is 20.2. The molecule has 8 aromatic rings. The molecule has 0 bridgehead atoms. The van der Waals surface area contributed by atoms with Crippen molar-refractivity contribution in [2.45, 2.75) is 121 Å². The van der Waals surface area contributed by atoms with E-state index >= 15 is 0 Å². The first-order valence-corrected chi connectivity index (χ1v) is 26.8. The van der Waals surface area contributed by atoms with Gasteiger partial charge in [0.15, 0.2) is 5.78 Å². The van der Waals surface area contributed by atoms with Crippen molar-refractivity contribution in [3.8, 4) is 22.5 Å². The fourth-order valence-corrected chi connectivity index (χ4v) is 11.2. The summed E-state index contributed by atoms with van der Waals surface area (Å²) in [4.78, 5) is 59.6. The van der Waals surface area contributed by atoms with Crippen LogP contribution in [0.15, 0.2) is 82.9 Å². The quantitative estimate of drug-likeness (QED) is 0.0751. The summed E-state index contributed by atoms with van der Waals surface area (Å²) in [5, 5.41) is 18.6. The first-order valence-electron chi connectivity index (χ1n) is 26.8. The van der Waals surface area contributed by atoms with Crippen LogP contribution in [0.5, 0.6) is 0 Å². The number of nitrogens with one attached hydrogen (secondary N) is 2. The van der Waals surface area contributed by atoms with Crippen LogP contribution >= 0.6 is 0 Å². The Bertz CT molecular complexity index is 3530. The number of H-pyrrole nitrogens is 2. The SMILES string of the molecule is C.CCn1nccc1-c1cc2cc(C(=O)CCc3c(C)cc(C)[nH]c3=O)c(C)c(C(C)N3CCOCC3)n2c1.CCn1nccc1-c1cc2cc(C(=O)O)c(C)c(C(C)N3CCOCC3)n2c1.Cc1cc(C)c(CN)c(=O)[nH]1. The van der Waals surface area contributed by atoms with E-state index in [1.54, 1.807) is 12.3 Å². The predicted octanol–water partition coefficient (Wildman–Crippen LogP) is 8.95. The number of aromatic amines is 2. The summed E-state index contributed by atoms with van der Waals surface area (Å²) in [7, 11) is 0. The van der Waals surface area contributed by atoms with Crippen LogP contribution in [-0.4, -0.2) is 118 Å². The van der Waals surface area contributed by atoms with Gasteiger partial charge in [-0.15, -0.1) is 0 Å². The molecule has 2 unspecified atom stereocenters. The van der Waals surface area contributed by atoms with Gasteiger partial charge in [-0.05, 0) is 146 Å². The van der Waals surface area contributed by atoms with E-state index in [0.29, 0.717) is 56.1 Å². The Balaban J connectivity index is 0.000000193. The molecule has 0 aliphatic carbocycles. The van der Waals surface area contributed by atoms with Crippen molar-refractivity contribution in [2.24, 2.45) is 5.73 Å². The second kappa shape index (κ2) is 25.5. The number of nitrogens with zero attached hydrogens (tertiary/aromatic N) is 8. The lowest BCUT2D eigenvalue weighted by molar-refractivity contribution is 0.0186. The van der Waals surface area contributed by atoms with Crippen LogP contribution in [0.4, 0.5) is 0 Å². The first-order chi connectivity index (χ1) is 36.9. The van der Waals surface area contributed by atoms with Crippen molar-refractivity contribution in [3.63, 3.8) is 0 Å². The largest absolute Gasteiger partial charge is 0.478 e. The van der Waals surface area contributed by atoms with Crippen LogP contribution in [-0.2, 0) is 35.5 Å². The molecule has 2 atom stereocenters. The van der Waals surface area contributed by atoms with Crippen molar-refractivity contribution in [1.29, 1.82) is 0 Å². The van der Waals surface area contributed by atoms with Gasteiger partial charge in [0.25, 0.3) is 11.1 Å². The summed E-state index contributed by atoms with van der Waals surface area (Å²) in [6.45, 7) is 28.1. The minimum atomic E-state index is -0.892. The third-order valence-corrected chi connectivity index (χ3v) is 15.3. The molecule has 0 aromatic carbocycles. The summed E-state index contributed by atoms with van der Waals surface area (Å²) in [6, 6.07) is 16.1. The van der Waals surface area contributed by atoms with Crippen LogP contribution in [0.1, 0.15) is 130 Å². The Hall–Kier alpha value is -7.22. The first kappa shape index (κ1) is 58.5. The van der Waals surface area contributed by atoms with Gasteiger partial charge in [0.05, 0.1) is 43.4 Å². The van der Waals surface area contributed by atoms with Gasteiger partial charge in [-0.1, -0.05) is 7.43 Å². The summed E-state index contributed by atoms with van der Waals surface area (Å²) in [5.74, 6) is -0.835. The number of Topliss-reactive ketones (excluding diaryl/α,β-unsaturated/α-hetero) is 1. The molecule has 0 saturated carbocycles. The molecule has 2 fully saturated rings. The molecular formula is C60H79N11O7. The topological polar surface area (TPSA) is 216 Å². The third kappa shape index (κ3) is 12.4. The van der Waals surface area contributed by atoms with Crippen molar-refractivity contribution in [1.82, 2.24) is 48.1 Å². The number of aromatic carboxylic acids is 1. The Kier molecular flexibility index (Phi) is 19.1. The van der Waals surface area contributed by atoms with Gasteiger partial charge in [-0.25, -0.2) is 4.79 Å². The lowest BCUT2D eigenvalue weighted by Gasteiger charge is -2.34. The number of pyridine rings is 4. The van der Waals surface area contributed by atoms with Crippen LogP contribution in [0.25, 0.3) is 33.5 Å². The zero-order valence-corrected chi connectivity index (χ0v) is 46.3. The van der Waals surface area contributed by atoms with E-state index in [2.05, 4.69) is 91.8 Å². The van der Waals surface area contributed by atoms with E-state index in [4.69, 9.17) is 15.2 Å². The van der Waals surface area contributed by atoms with Gasteiger partial charge in [0.2, 0.25) is 0 Å². The zero-order valence-electron chi connectivity index (χ0n) is 46.3. The maximum Gasteiger partial charge on any atom is 0.336 e. The van der Waals surface area contributed by atoms with Crippen LogP contribution < -0.4 is 16.9 Å². The van der Waals surface area contributed by atoms with E-state index in [0.717, 1.165) is 123 Å². The highest BCUT2D eigenvalue weighted by Gasteiger charge is 2.28. The number of aromatic nitrogens is 8. The molecule has 8 aromatic heterocycles. The number of aryl methyl sites for hydroxylation is 6. The molecule has 0 amide bonds. The molecule has 0 spiro atoms. The predicted molar refractivity (Wildman–Crippen MR) is 307 cm³/mol. The average Bonchev–Trinajstić information content (AvgIpc) is 4.28. The van der Waals surface area contributed by atoms with E-state index in [1.807, 2.05) is 86.6 Å². The van der Waals surface area contributed by atoms with Gasteiger partial charge in [-0.2, -0.15) is 10.2 Å². The molecule has 2 aliphatic rings. The van der Waals surface area contributed by atoms with E-state index in [9.17, 15) is 24.3 Å². The van der Waals surface area contributed by atoms with Crippen molar-refractivity contribution >= 4 is 22.8 Å². The molecule has 18 nitrogen and oxygen atoms in total. The molecule has 2 saturated heterocycles. The molecule has 10 heterocycles. The number of ether oxygens (including phenoxy) is 2. The van der Waals surface area contributed by atoms with Crippen molar-refractivity contribution < 1.29 is 24.2 Å². The van der Waals surface area contributed by atoms with Gasteiger partial charge < -0.3 is 39.1 Å². The molecule has 18 heteroatoms. The number of rotatable bonds is 14. The number of ketones is 1. The number of nitrogens with two attached hydrogens (primary N) is 1. The molecule has 0 radical (unpaired) electrons. The number of carboxylic acids is 1. The van der Waals surface area contributed by atoms with E-state index in [1.165, 1.54) is 0 Å². The molecule has 2 aliphatic heterocycles. The highest BCUT2D eigenvalue weighted by molar-refractivity contribution is 5.99. The average molecular weight is 1070 g/mol. The standard InChI is InChI=1S/C30H37N5O3.C21H26N4O3.C8H12N2O.CH4/c1-6-35-27(9-10-31-35)23-16-24-17-26(28(36)8-7-25-19(2)15-20(3)32-30(25)37)21(4)29(34(24)18-23)22(5)33-11-13-38-14-12-33;1-4-25-19(5-6-22-25)16-11-17-12-18(21(26)27)14(2)20(24(17)13-16)15(3)23-7-9-28-10-8-23;1-5-3-6(2)10-8(11)7(5)4-9;/h9-10,15-18,22H,6-8,11-14H2,1-5H3,(H,32,37);5-6,11-13,15H,4,7-10H2,1-3H3,(H,26,27);3H,4,9H2,1-2H3,(H,10,11);1H4.